The molecule has 0 unspecified atom stereocenters. The zero-order chi connectivity index (χ0) is 21.8. The molecule has 0 aliphatic rings. The van der Waals surface area contributed by atoms with Crippen LogP contribution >= 0.6 is 0 Å². The topological polar surface area (TPSA) is 88.4 Å². The molecule has 30 heavy (non-hydrogen) atoms. The van der Waals surface area contributed by atoms with Crippen LogP contribution in [0.4, 0.5) is 5.69 Å². The molecule has 2 rings (SSSR count). The number of amides is 1. The number of benzene rings is 2. The lowest BCUT2D eigenvalue weighted by Gasteiger charge is -2.07. The summed E-state index contributed by atoms with van der Waals surface area (Å²) in [5.74, 6) is -0.183. The SMILES string of the molecule is CCCCOC(=O)c1ccc(NC(=O)/C(C#N)=C\c2ccc(OCCC)cc2)cc1. The zero-order valence-corrected chi connectivity index (χ0v) is 17.3. The van der Waals surface area contributed by atoms with E-state index in [-0.39, 0.29) is 5.57 Å². The molecule has 0 aliphatic carbocycles. The first-order valence-corrected chi connectivity index (χ1v) is 10.0. The van der Waals surface area contributed by atoms with Gasteiger partial charge in [0.25, 0.3) is 5.91 Å². The van der Waals surface area contributed by atoms with Crippen molar-refractivity contribution in [2.75, 3.05) is 18.5 Å². The first-order valence-electron chi connectivity index (χ1n) is 10.0. The third-order valence-electron chi connectivity index (χ3n) is 4.14. The number of anilines is 1. The molecule has 0 heterocycles. The first-order chi connectivity index (χ1) is 14.6. The van der Waals surface area contributed by atoms with Gasteiger partial charge in [0.15, 0.2) is 0 Å². The summed E-state index contributed by atoms with van der Waals surface area (Å²) >= 11 is 0. The number of unbranched alkanes of at least 4 members (excludes halogenated alkanes) is 1. The Labute approximate surface area is 177 Å². The van der Waals surface area contributed by atoms with Gasteiger partial charge in [0, 0.05) is 5.69 Å². The van der Waals surface area contributed by atoms with Gasteiger partial charge >= 0.3 is 5.97 Å². The van der Waals surface area contributed by atoms with Gasteiger partial charge in [-0.3, -0.25) is 4.79 Å². The number of hydrogen-bond acceptors (Lipinski definition) is 5. The van der Waals surface area contributed by atoms with Gasteiger partial charge in [-0.25, -0.2) is 4.79 Å². The molecule has 6 heteroatoms. The third kappa shape index (κ3) is 7.10. The molecular weight excluding hydrogens is 380 g/mol. The predicted octanol–water partition coefficient (Wildman–Crippen LogP) is 4.98. The number of nitrogens with zero attached hydrogens (tertiary/aromatic N) is 1. The smallest absolute Gasteiger partial charge is 0.338 e. The second-order valence-electron chi connectivity index (χ2n) is 6.61. The van der Waals surface area contributed by atoms with E-state index < -0.39 is 11.9 Å². The molecule has 1 amide bonds. The molecule has 6 nitrogen and oxygen atoms in total. The number of nitrogens with one attached hydrogen (secondary N) is 1. The minimum Gasteiger partial charge on any atom is -0.494 e. The van der Waals surface area contributed by atoms with E-state index in [9.17, 15) is 14.9 Å². The quantitative estimate of drug-likeness (QED) is 0.260. The number of hydrogen-bond donors (Lipinski definition) is 1. The second kappa shape index (κ2) is 12.1. The van der Waals surface area contributed by atoms with Gasteiger partial charge in [0.05, 0.1) is 18.8 Å². The van der Waals surface area contributed by atoms with E-state index in [0.29, 0.717) is 24.5 Å². The standard InChI is InChI=1S/C24H26N2O4/c1-3-5-15-30-24(28)19-8-10-21(11-9-19)26-23(27)20(17-25)16-18-6-12-22(13-7-18)29-14-4-2/h6-13,16H,3-5,14-15H2,1-2H3,(H,26,27)/b20-16-. The van der Waals surface area contributed by atoms with Gasteiger partial charge in [-0.2, -0.15) is 5.26 Å². The van der Waals surface area contributed by atoms with Crippen LogP contribution in [0.1, 0.15) is 49.0 Å². The summed E-state index contributed by atoms with van der Waals surface area (Å²) in [7, 11) is 0. The normalized spacial score (nSPS) is 10.8. The van der Waals surface area contributed by atoms with Gasteiger partial charge < -0.3 is 14.8 Å². The molecule has 0 saturated heterocycles. The van der Waals surface area contributed by atoms with Crippen LogP contribution in [0, 0.1) is 11.3 Å². The summed E-state index contributed by atoms with van der Waals surface area (Å²) in [6, 6.07) is 15.4. The molecule has 156 valence electrons. The summed E-state index contributed by atoms with van der Waals surface area (Å²) in [6.45, 7) is 5.07. The first kappa shape index (κ1) is 22.7. The number of carbonyl (C=O) groups excluding carboxylic acids is 2. The lowest BCUT2D eigenvalue weighted by molar-refractivity contribution is -0.112. The number of ether oxygens (including phenoxy) is 2. The van der Waals surface area contributed by atoms with E-state index in [0.717, 1.165) is 30.6 Å². The van der Waals surface area contributed by atoms with E-state index >= 15 is 0 Å². The second-order valence-corrected chi connectivity index (χ2v) is 6.61. The van der Waals surface area contributed by atoms with Crippen molar-refractivity contribution in [1.29, 1.82) is 5.26 Å². The number of nitriles is 1. The number of esters is 1. The molecule has 0 aliphatic heterocycles. The molecule has 0 fully saturated rings. The van der Waals surface area contributed by atoms with Crippen LogP contribution in [-0.4, -0.2) is 25.1 Å². The average Bonchev–Trinajstić information content (AvgIpc) is 2.77. The highest BCUT2D eigenvalue weighted by Crippen LogP contribution is 2.16. The summed E-state index contributed by atoms with van der Waals surface area (Å²) in [5.41, 5.74) is 1.58. The van der Waals surface area contributed by atoms with E-state index in [4.69, 9.17) is 9.47 Å². The Morgan fingerprint density at radius 2 is 1.70 bits per heavy atom. The Morgan fingerprint density at radius 1 is 1.00 bits per heavy atom. The molecule has 0 radical (unpaired) electrons. The maximum absolute atomic E-state index is 12.4. The summed E-state index contributed by atoms with van der Waals surface area (Å²) in [4.78, 5) is 24.4. The average molecular weight is 406 g/mol. The van der Waals surface area contributed by atoms with Crippen molar-refractivity contribution < 1.29 is 19.1 Å². The van der Waals surface area contributed by atoms with Crippen molar-refractivity contribution in [3.05, 3.63) is 65.2 Å². The zero-order valence-electron chi connectivity index (χ0n) is 17.3. The van der Waals surface area contributed by atoms with Crippen LogP contribution in [0.2, 0.25) is 0 Å². The highest BCUT2D eigenvalue weighted by molar-refractivity contribution is 6.09. The van der Waals surface area contributed by atoms with Crippen molar-refractivity contribution in [3.63, 3.8) is 0 Å². The molecular formula is C24H26N2O4. The van der Waals surface area contributed by atoms with Gasteiger partial charge in [-0.05, 0) is 60.9 Å². The fourth-order valence-corrected chi connectivity index (χ4v) is 2.48. The molecule has 2 aromatic carbocycles. The minimum atomic E-state index is -0.526. The van der Waals surface area contributed by atoms with Crippen molar-refractivity contribution in [3.8, 4) is 11.8 Å². The maximum Gasteiger partial charge on any atom is 0.338 e. The minimum absolute atomic E-state index is 0.0275. The third-order valence-corrected chi connectivity index (χ3v) is 4.14. The Hall–Kier alpha value is -3.59. The summed E-state index contributed by atoms with van der Waals surface area (Å²) < 4.78 is 10.7. The summed E-state index contributed by atoms with van der Waals surface area (Å²) in [5, 5.41) is 12.0. The molecule has 0 atom stereocenters. The van der Waals surface area contributed by atoms with E-state index in [1.807, 2.05) is 19.9 Å². The van der Waals surface area contributed by atoms with Gasteiger partial charge in [-0.15, -0.1) is 0 Å². The molecule has 2 aromatic rings. The fraction of sp³-hybridized carbons (Fsp3) is 0.292. The lowest BCUT2D eigenvalue weighted by Crippen LogP contribution is -2.13. The maximum atomic E-state index is 12.4. The highest BCUT2D eigenvalue weighted by Gasteiger charge is 2.11. The molecule has 0 spiro atoms. The Balaban J connectivity index is 2.00. The van der Waals surface area contributed by atoms with Gasteiger partial charge in [-0.1, -0.05) is 32.4 Å². The van der Waals surface area contributed by atoms with Crippen molar-refractivity contribution >= 4 is 23.6 Å². The van der Waals surface area contributed by atoms with Crippen LogP contribution in [0.25, 0.3) is 6.08 Å². The Bertz CT molecular complexity index is 910. The van der Waals surface area contributed by atoms with Crippen LogP contribution in [0.5, 0.6) is 5.75 Å². The predicted molar refractivity (Wildman–Crippen MR) is 116 cm³/mol. The fourth-order valence-electron chi connectivity index (χ4n) is 2.48. The van der Waals surface area contributed by atoms with Crippen LogP contribution in [0.15, 0.2) is 54.1 Å². The van der Waals surface area contributed by atoms with Crippen LogP contribution in [-0.2, 0) is 9.53 Å². The summed E-state index contributed by atoms with van der Waals surface area (Å²) in [6.07, 6.45) is 4.20. The largest absolute Gasteiger partial charge is 0.494 e. The van der Waals surface area contributed by atoms with Crippen molar-refractivity contribution in [2.45, 2.75) is 33.1 Å². The monoisotopic (exact) mass is 406 g/mol. The molecule has 1 N–H and O–H groups in total. The van der Waals surface area contributed by atoms with Crippen LogP contribution < -0.4 is 10.1 Å². The van der Waals surface area contributed by atoms with Gasteiger partial charge in [0.1, 0.15) is 17.4 Å². The number of carbonyl (C=O) groups is 2. The molecule has 0 saturated carbocycles. The van der Waals surface area contributed by atoms with E-state index in [1.54, 1.807) is 48.5 Å². The Morgan fingerprint density at radius 3 is 2.30 bits per heavy atom. The van der Waals surface area contributed by atoms with Crippen LogP contribution in [0.3, 0.4) is 0 Å². The number of rotatable bonds is 10. The Kier molecular flexibility index (Phi) is 9.14. The van der Waals surface area contributed by atoms with Gasteiger partial charge in [0.2, 0.25) is 0 Å². The molecule has 0 bridgehead atoms. The van der Waals surface area contributed by atoms with E-state index in [2.05, 4.69) is 5.32 Å². The van der Waals surface area contributed by atoms with Crippen molar-refractivity contribution in [2.24, 2.45) is 0 Å². The van der Waals surface area contributed by atoms with Crippen molar-refractivity contribution in [1.82, 2.24) is 0 Å². The van der Waals surface area contributed by atoms with E-state index in [1.165, 1.54) is 6.08 Å². The highest BCUT2D eigenvalue weighted by atomic mass is 16.5. The molecule has 0 aromatic heterocycles. The lowest BCUT2D eigenvalue weighted by atomic mass is 10.1.